The van der Waals surface area contributed by atoms with Crippen molar-refractivity contribution in [1.29, 1.82) is 0 Å². The third-order valence-electron chi connectivity index (χ3n) is 2.61. The Balaban J connectivity index is 2.47. The highest BCUT2D eigenvalue weighted by Gasteiger charge is 2.17. The Morgan fingerprint density at radius 3 is 2.89 bits per heavy atom. The summed E-state index contributed by atoms with van der Waals surface area (Å²) in [7, 11) is 1.62. The molecule has 0 saturated carbocycles. The van der Waals surface area contributed by atoms with Gasteiger partial charge in [0.15, 0.2) is 0 Å². The second-order valence-electron chi connectivity index (χ2n) is 3.73. The summed E-state index contributed by atoms with van der Waals surface area (Å²) in [4.78, 5) is 4.33. The summed E-state index contributed by atoms with van der Waals surface area (Å²) in [5.41, 5.74) is 8.07. The predicted molar refractivity (Wildman–Crippen MR) is 83.7 cm³/mol. The lowest BCUT2D eigenvalue weighted by atomic mass is 10.0. The molecule has 2 aromatic rings. The van der Waals surface area contributed by atoms with Crippen molar-refractivity contribution in [1.82, 2.24) is 4.98 Å². The van der Waals surface area contributed by atoms with Crippen molar-refractivity contribution in [3.05, 3.63) is 55.8 Å². The highest BCUT2D eigenvalue weighted by molar-refractivity contribution is 14.1. The first-order chi connectivity index (χ1) is 8.63. The van der Waals surface area contributed by atoms with Crippen LogP contribution in [0.2, 0.25) is 0 Å². The average molecular weight is 419 g/mol. The third kappa shape index (κ3) is 2.84. The Morgan fingerprint density at radius 1 is 1.39 bits per heavy atom. The van der Waals surface area contributed by atoms with E-state index in [9.17, 15) is 0 Å². The molecular formula is C13H12BrIN2O. The number of aromatic nitrogens is 1. The van der Waals surface area contributed by atoms with Crippen LogP contribution in [0.3, 0.4) is 0 Å². The lowest BCUT2D eigenvalue weighted by molar-refractivity contribution is 0.404. The van der Waals surface area contributed by atoms with Gasteiger partial charge < -0.3 is 10.5 Å². The van der Waals surface area contributed by atoms with Crippen LogP contribution >= 0.6 is 38.5 Å². The Bertz CT molecular complexity index is 562. The molecule has 0 aliphatic heterocycles. The first-order valence-electron chi connectivity index (χ1n) is 5.33. The maximum atomic E-state index is 6.29. The van der Waals surface area contributed by atoms with Gasteiger partial charge >= 0.3 is 0 Å². The van der Waals surface area contributed by atoms with E-state index in [1.165, 1.54) is 0 Å². The second-order valence-corrected chi connectivity index (χ2v) is 5.81. The molecule has 0 fully saturated rings. The van der Waals surface area contributed by atoms with Gasteiger partial charge in [-0.05, 0) is 58.5 Å². The zero-order valence-corrected chi connectivity index (χ0v) is 13.5. The van der Waals surface area contributed by atoms with Crippen LogP contribution in [0.5, 0.6) is 5.75 Å². The van der Waals surface area contributed by atoms with Crippen LogP contribution in [0.25, 0.3) is 0 Å². The Labute approximate surface area is 128 Å². The van der Waals surface area contributed by atoms with Gasteiger partial charge in [-0.15, -0.1) is 0 Å². The molecule has 1 atom stereocenters. The molecule has 1 aromatic heterocycles. The molecule has 0 saturated heterocycles. The quantitative estimate of drug-likeness (QED) is 0.776. The van der Waals surface area contributed by atoms with E-state index >= 15 is 0 Å². The number of halogens is 2. The Kier molecular flexibility index (Phi) is 4.58. The molecule has 0 amide bonds. The minimum atomic E-state index is -0.300. The molecule has 0 aliphatic carbocycles. The summed E-state index contributed by atoms with van der Waals surface area (Å²) in [6.07, 6.45) is 1.72. The zero-order chi connectivity index (χ0) is 13.1. The zero-order valence-electron chi connectivity index (χ0n) is 9.73. The van der Waals surface area contributed by atoms with Crippen molar-refractivity contribution in [2.75, 3.05) is 7.11 Å². The van der Waals surface area contributed by atoms with E-state index in [-0.39, 0.29) is 6.04 Å². The molecule has 0 bridgehead atoms. The Morgan fingerprint density at radius 2 is 2.17 bits per heavy atom. The third-order valence-corrected chi connectivity index (χ3v) is 4.08. The van der Waals surface area contributed by atoms with Gasteiger partial charge in [0.25, 0.3) is 0 Å². The topological polar surface area (TPSA) is 48.1 Å². The van der Waals surface area contributed by atoms with Crippen molar-refractivity contribution in [2.24, 2.45) is 5.73 Å². The molecular weight excluding hydrogens is 407 g/mol. The van der Waals surface area contributed by atoms with E-state index in [4.69, 9.17) is 10.5 Å². The Hall–Kier alpha value is -0.660. The van der Waals surface area contributed by atoms with Gasteiger partial charge in [-0.2, -0.15) is 0 Å². The normalized spacial score (nSPS) is 12.2. The minimum Gasteiger partial charge on any atom is -0.495 e. The van der Waals surface area contributed by atoms with Crippen molar-refractivity contribution in [3.63, 3.8) is 0 Å². The summed E-state index contributed by atoms with van der Waals surface area (Å²) in [6, 6.07) is 9.43. The maximum Gasteiger partial charge on any atom is 0.142 e. The SMILES string of the molecule is COc1cccnc1C(N)c1cc(Br)ccc1I. The van der Waals surface area contributed by atoms with Gasteiger partial charge in [-0.3, -0.25) is 4.98 Å². The number of nitrogens with two attached hydrogens (primary N) is 1. The van der Waals surface area contributed by atoms with Crippen LogP contribution in [0, 0.1) is 3.57 Å². The predicted octanol–water partition coefficient (Wildman–Crippen LogP) is 3.51. The number of hydrogen-bond acceptors (Lipinski definition) is 3. The van der Waals surface area contributed by atoms with E-state index in [1.54, 1.807) is 13.3 Å². The van der Waals surface area contributed by atoms with Gasteiger partial charge in [0.2, 0.25) is 0 Å². The van der Waals surface area contributed by atoms with E-state index < -0.39 is 0 Å². The van der Waals surface area contributed by atoms with Crippen molar-refractivity contribution in [3.8, 4) is 5.75 Å². The molecule has 1 aromatic carbocycles. The number of rotatable bonds is 3. The van der Waals surface area contributed by atoms with Crippen LogP contribution in [0.1, 0.15) is 17.3 Å². The van der Waals surface area contributed by atoms with E-state index in [0.29, 0.717) is 5.75 Å². The van der Waals surface area contributed by atoms with E-state index in [1.807, 2.05) is 30.3 Å². The fourth-order valence-electron chi connectivity index (χ4n) is 1.71. The molecule has 5 heteroatoms. The summed E-state index contributed by atoms with van der Waals surface area (Å²) in [5, 5.41) is 0. The van der Waals surface area contributed by atoms with Crippen molar-refractivity contribution >= 4 is 38.5 Å². The molecule has 94 valence electrons. The number of hydrogen-bond donors (Lipinski definition) is 1. The second kappa shape index (κ2) is 5.99. The fraction of sp³-hybridized carbons (Fsp3) is 0.154. The van der Waals surface area contributed by atoms with Gasteiger partial charge in [0, 0.05) is 14.2 Å². The van der Waals surface area contributed by atoms with Crippen LogP contribution in [0.4, 0.5) is 0 Å². The molecule has 18 heavy (non-hydrogen) atoms. The van der Waals surface area contributed by atoms with Crippen LogP contribution in [-0.2, 0) is 0 Å². The molecule has 1 heterocycles. The monoisotopic (exact) mass is 418 g/mol. The van der Waals surface area contributed by atoms with E-state index in [2.05, 4.69) is 43.5 Å². The van der Waals surface area contributed by atoms with Crippen LogP contribution in [0.15, 0.2) is 41.0 Å². The van der Waals surface area contributed by atoms with Crippen molar-refractivity contribution < 1.29 is 4.74 Å². The average Bonchev–Trinajstić information content (AvgIpc) is 2.40. The molecule has 2 rings (SSSR count). The lowest BCUT2D eigenvalue weighted by Gasteiger charge is -2.16. The number of nitrogens with zero attached hydrogens (tertiary/aromatic N) is 1. The standard InChI is InChI=1S/C13H12BrIN2O/c1-18-11-3-2-6-17-13(11)12(16)9-7-8(14)4-5-10(9)15/h2-7,12H,16H2,1H3. The molecule has 1 unspecified atom stereocenters. The first-order valence-corrected chi connectivity index (χ1v) is 7.20. The van der Waals surface area contributed by atoms with E-state index in [0.717, 1.165) is 19.3 Å². The highest BCUT2D eigenvalue weighted by Crippen LogP contribution is 2.30. The smallest absolute Gasteiger partial charge is 0.142 e. The molecule has 0 radical (unpaired) electrons. The number of ether oxygens (including phenoxy) is 1. The molecule has 0 spiro atoms. The largest absolute Gasteiger partial charge is 0.495 e. The van der Waals surface area contributed by atoms with Crippen molar-refractivity contribution in [2.45, 2.75) is 6.04 Å². The summed E-state index contributed by atoms with van der Waals surface area (Å²) in [6.45, 7) is 0. The minimum absolute atomic E-state index is 0.300. The lowest BCUT2D eigenvalue weighted by Crippen LogP contribution is -2.16. The summed E-state index contributed by atoms with van der Waals surface area (Å²) < 4.78 is 7.41. The van der Waals surface area contributed by atoms with Crippen LogP contribution in [-0.4, -0.2) is 12.1 Å². The first kappa shape index (κ1) is 13.8. The molecule has 2 N–H and O–H groups in total. The fourth-order valence-corrected chi connectivity index (χ4v) is 2.76. The van der Waals surface area contributed by atoms with Gasteiger partial charge in [-0.1, -0.05) is 15.9 Å². The van der Waals surface area contributed by atoms with Gasteiger partial charge in [0.1, 0.15) is 11.4 Å². The summed E-state index contributed by atoms with van der Waals surface area (Å²) in [5.74, 6) is 0.709. The molecule has 3 nitrogen and oxygen atoms in total. The molecule has 0 aliphatic rings. The highest BCUT2D eigenvalue weighted by atomic mass is 127. The number of methoxy groups -OCH3 is 1. The maximum absolute atomic E-state index is 6.29. The van der Waals surface area contributed by atoms with Gasteiger partial charge in [-0.25, -0.2) is 0 Å². The number of pyridine rings is 1. The summed E-state index contributed by atoms with van der Waals surface area (Å²) >= 11 is 5.74. The number of benzene rings is 1. The van der Waals surface area contributed by atoms with Gasteiger partial charge in [0.05, 0.1) is 13.2 Å². The van der Waals surface area contributed by atoms with Crippen LogP contribution < -0.4 is 10.5 Å².